The smallest absolute Gasteiger partial charge is 0.221 e. The van der Waals surface area contributed by atoms with Gasteiger partial charge in [-0.2, -0.15) is 0 Å². The molecule has 1 saturated heterocycles. The molecule has 0 aromatic rings. The minimum Gasteiger partial charge on any atom is -0.357 e. The third-order valence-electron chi connectivity index (χ3n) is 4.34. The predicted octanol–water partition coefficient (Wildman–Crippen LogP) is 2.20. The van der Waals surface area contributed by atoms with Crippen LogP contribution in [0.4, 0.5) is 0 Å². The first kappa shape index (κ1) is 24.4. The van der Waals surface area contributed by atoms with Gasteiger partial charge in [0.1, 0.15) is 0 Å². The van der Waals surface area contributed by atoms with Crippen LogP contribution in [0.1, 0.15) is 52.9 Å². The van der Waals surface area contributed by atoms with Crippen LogP contribution in [-0.2, 0) is 4.79 Å². The van der Waals surface area contributed by atoms with Crippen LogP contribution in [-0.4, -0.2) is 62.6 Å². The summed E-state index contributed by atoms with van der Waals surface area (Å²) in [5, 5.41) is 9.36. The number of halogens is 1. The van der Waals surface area contributed by atoms with E-state index in [1.165, 1.54) is 25.9 Å². The Kier molecular flexibility index (Phi) is 15.3. The number of rotatable bonds is 10. The van der Waals surface area contributed by atoms with Crippen LogP contribution in [0.3, 0.4) is 0 Å². The number of carbonyl (C=O) groups excluding carboxylic acids is 1. The topological polar surface area (TPSA) is 68.8 Å². The predicted molar refractivity (Wildman–Crippen MR) is 117 cm³/mol. The highest BCUT2D eigenvalue weighted by Gasteiger charge is 2.14. The van der Waals surface area contributed by atoms with Crippen LogP contribution in [0, 0.1) is 5.92 Å². The monoisotopic (exact) mass is 467 g/mol. The quantitative estimate of drug-likeness (QED) is 0.200. The minimum atomic E-state index is 0. The lowest BCUT2D eigenvalue weighted by molar-refractivity contribution is -0.120. The zero-order valence-electron chi connectivity index (χ0n) is 16.3. The Labute approximate surface area is 171 Å². The largest absolute Gasteiger partial charge is 0.357 e. The highest BCUT2D eigenvalue weighted by molar-refractivity contribution is 14.0. The van der Waals surface area contributed by atoms with Crippen LogP contribution in [0.25, 0.3) is 0 Å². The van der Waals surface area contributed by atoms with Gasteiger partial charge in [0.2, 0.25) is 5.91 Å². The molecule has 1 fully saturated rings. The lowest BCUT2D eigenvalue weighted by Gasteiger charge is -2.29. The van der Waals surface area contributed by atoms with Gasteiger partial charge in [-0.1, -0.05) is 13.8 Å². The van der Waals surface area contributed by atoms with Gasteiger partial charge in [-0.25, -0.2) is 0 Å². The molecule has 3 N–H and O–H groups in total. The first-order chi connectivity index (χ1) is 11.7. The standard InChI is InChI=1S/C18H37N5O.HI/c1-4-10-20-17(24)7-12-22-18(19-5-2)21-11-6-13-23-14-8-16(3)9-15-23;/h16H,4-15H2,1-3H3,(H,20,24)(H2,19,21,22);1H. The third-order valence-corrected chi connectivity index (χ3v) is 4.34. The van der Waals surface area contributed by atoms with Crippen molar-refractivity contribution in [2.75, 3.05) is 45.8 Å². The summed E-state index contributed by atoms with van der Waals surface area (Å²) in [6.45, 7) is 13.1. The average molecular weight is 467 g/mol. The Balaban J connectivity index is 0.00000576. The molecule has 0 radical (unpaired) electrons. The summed E-state index contributed by atoms with van der Waals surface area (Å²) < 4.78 is 0. The summed E-state index contributed by atoms with van der Waals surface area (Å²) in [6, 6.07) is 0. The third kappa shape index (κ3) is 12.4. The van der Waals surface area contributed by atoms with Crippen molar-refractivity contribution in [1.82, 2.24) is 20.9 Å². The molecule has 0 aliphatic carbocycles. The molecule has 0 spiro atoms. The zero-order valence-corrected chi connectivity index (χ0v) is 18.6. The van der Waals surface area contributed by atoms with Crippen LogP contribution in [0.2, 0.25) is 0 Å². The number of nitrogens with zero attached hydrogens (tertiary/aromatic N) is 2. The fraction of sp³-hybridized carbons (Fsp3) is 0.889. The van der Waals surface area contributed by atoms with Crippen molar-refractivity contribution in [1.29, 1.82) is 0 Å². The van der Waals surface area contributed by atoms with Gasteiger partial charge >= 0.3 is 0 Å². The number of carbonyl (C=O) groups is 1. The minimum absolute atomic E-state index is 0. The molecule has 0 atom stereocenters. The van der Waals surface area contributed by atoms with E-state index in [-0.39, 0.29) is 29.9 Å². The normalized spacial score (nSPS) is 16.2. The van der Waals surface area contributed by atoms with Crippen molar-refractivity contribution < 1.29 is 4.79 Å². The maximum atomic E-state index is 11.6. The van der Waals surface area contributed by atoms with E-state index in [0.29, 0.717) is 13.0 Å². The lowest BCUT2D eigenvalue weighted by atomic mass is 9.99. The van der Waals surface area contributed by atoms with E-state index in [1.807, 2.05) is 0 Å². The van der Waals surface area contributed by atoms with Crippen molar-refractivity contribution in [3.05, 3.63) is 0 Å². The lowest BCUT2D eigenvalue weighted by Crippen LogP contribution is -2.39. The molecule has 0 aromatic heterocycles. The number of likely N-dealkylation sites (tertiary alicyclic amines) is 1. The highest BCUT2D eigenvalue weighted by atomic mass is 127. The van der Waals surface area contributed by atoms with Gasteiger partial charge in [-0.3, -0.25) is 9.79 Å². The summed E-state index contributed by atoms with van der Waals surface area (Å²) in [6.07, 6.45) is 5.19. The molecule has 0 aromatic carbocycles. The Bertz CT molecular complexity index is 370. The SMILES string of the molecule is CCCNC(=O)CCNC(=NCCCN1CCC(C)CC1)NCC.I. The van der Waals surface area contributed by atoms with E-state index in [2.05, 4.69) is 46.6 Å². The van der Waals surface area contributed by atoms with E-state index in [1.54, 1.807) is 0 Å². The van der Waals surface area contributed by atoms with Gasteiger partial charge in [0.15, 0.2) is 5.96 Å². The van der Waals surface area contributed by atoms with Gasteiger partial charge in [0, 0.05) is 32.6 Å². The van der Waals surface area contributed by atoms with Crippen molar-refractivity contribution in [3.8, 4) is 0 Å². The van der Waals surface area contributed by atoms with Gasteiger partial charge in [0.05, 0.1) is 0 Å². The Morgan fingerprint density at radius 2 is 1.84 bits per heavy atom. The van der Waals surface area contributed by atoms with E-state index in [4.69, 9.17) is 0 Å². The number of guanidine groups is 1. The molecule has 1 aliphatic rings. The van der Waals surface area contributed by atoms with Crippen molar-refractivity contribution in [2.24, 2.45) is 10.9 Å². The average Bonchev–Trinajstić information content (AvgIpc) is 2.58. The molecular formula is C18H38IN5O. The molecule has 0 unspecified atom stereocenters. The van der Waals surface area contributed by atoms with Crippen LogP contribution in [0.15, 0.2) is 4.99 Å². The first-order valence-electron chi connectivity index (χ1n) is 9.66. The number of hydrogen-bond donors (Lipinski definition) is 3. The number of piperidine rings is 1. The summed E-state index contributed by atoms with van der Waals surface area (Å²) >= 11 is 0. The Morgan fingerprint density at radius 3 is 2.48 bits per heavy atom. The molecule has 1 heterocycles. The van der Waals surface area contributed by atoms with Gasteiger partial charge in [0.25, 0.3) is 0 Å². The molecule has 0 saturated carbocycles. The summed E-state index contributed by atoms with van der Waals surface area (Å²) in [4.78, 5) is 18.7. The molecule has 7 heteroatoms. The molecule has 148 valence electrons. The maximum Gasteiger partial charge on any atom is 0.221 e. The van der Waals surface area contributed by atoms with E-state index in [9.17, 15) is 4.79 Å². The summed E-state index contributed by atoms with van der Waals surface area (Å²) in [5.41, 5.74) is 0. The summed E-state index contributed by atoms with van der Waals surface area (Å²) in [5.74, 6) is 1.80. The molecule has 6 nitrogen and oxygen atoms in total. The van der Waals surface area contributed by atoms with Crippen molar-refractivity contribution >= 4 is 35.8 Å². The second-order valence-electron chi connectivity index (χ2n) is 6.67. The van der Waals surface area contributed by atoms with E-state index in [0.717, 1.165) is 50.9 Å². The first-order valence-corrected chi connectivity index (χ1v) is 9.66. The Hall–Kier alpha value is -0.570. The molecule has 1 amide bonds. The molecule has 1 aliphatic heterocycles. The maximum absolute atomic E-state index is 11.6. The van der Waals surface area contributed by atoms with Gasteiger partial charge in [-0.05, 0) is 58.2 Å². The fourth-order valence-corrected chi connectivity index (χ4v) is 2.76. The van der Waals surface area contributed by atoms with Crippen LogP contribution < -0.4 is 16.0 Å². The number of aliphatic imine (C=N–C) groups is 1. The van der Waals surface area contributed by atoms with E-state index >= 15 is 0 Å². The molecule has 0 bridgehead atoms. The van der Waals surface area contributed by atoms with Gasteiger partial charge < -0.3 is 20.9 Å². The molecule has 25 heavy (non-hydrogen) atoms. The van der Waals surface area contributed by atoms with Gasteiger partial charge in [-0.15, -0.1) is 24.0 Å². The fourth-order valence-electron chi connectivity index (χ4n) is 2.76. The Morgan fingerprint density at radius 1 is 1.12 bits per heavy atom. The second-order valence-corrected chi connectivity index (χ2v) is 6.67. The number of nitrogens with one attached hydrogen (secondary N) is 3. The summed E-state index contributed by atoms with van der Waals surface area (Å²) in [7, 11) is 0. The molecule has 1 rings (SSSR count). The number of amides is 1. The van der Waals surface area contributed by atoms with Crippen LogP contribution >= 0.6 is 24.0 Å². The van der Waals surface area contributed by atoms with Crippen molar-refractivity contribution in [2.45, 2.75) is 52.9 Å². The number of hydrogen-bond acceptors (Lipinski definition) is 3. The second kappa shape index (κ2) is 15.7. The molecular weight excluding hydrogens is 429 g/mol. The van der Waals surface area contributed by atoms with Crippen molar-refractivity contribution in [3.63, 3.8) is 0 Å². The highest BCUT2D eigenvalue weighted by Crippen LogP contribution is 2.15. The van der Waals surface area contributed by atoms with E-state index < -0.39 is 0 Å². The zero-order chi connectivity index (χ0) is 17.6. The van der Waals surface area contributed by atoms with Crippen LogP contribution in [0.5, 0.6) is 0 Å².